The number of amides is 2. The number of hydrogen-bond acceptors (Lipinski definition) is 7. The lowest BCUT2D eigenvalue weighted by molar-refractivity contribution is -0.137. The van der Waals surface area contributed by atoms with E-state index in [4.69, 9.17) is 13.9 Å². The van der Waals surface area contributed by atoms with Crippen molar-refractivity contribution in [2.75, 3.05) is 13.7 Å². The van der Waals surface area contributed by atoms with Gasteiger partial charge in [-0.3, -0.25) is 9.59 Å². The van der Waals surface area contributed by atoms with Crippen LogP contribution < -0.4 is 21.0 Å². The molecule has 1 heterocycles. The molecule has 0 fully saturated rings. The Morgan fingerprint density at radius 2 is 1.52 bits per heavy atom. The zero-order valence-electron chi connectivity index (χ0n) is 26.2. The Morgan fingerprint density at radius 1 is 0.854 bits per heavy atom. The average molecular weight is 647 g/mol. The SMILES string of the molecule is COc1ccc2c([C@H](Cc3ccccc3)NC(=O)[C@H](CCC(=O)O)NC(=O)OCC3c4ccccc4-c4ccccc43)cc(=O)oc2c1. The number of carboxylic acid groups (broad SMARTS) is 1. The molecule has 3 N–H and O–H groups in total. The van der Waals surface area contributed by atoms with E-state index in [2.05, 4.69) is 10.6 Å². The zero-order chi connectivity index (χ0) is 33.6. The van der Waals surface area contributed by atoms with Crippen LogP contribution in [0.5, 0.6) is 5.75 Å². The van der Waals surface area contributed by atoms with Crippen LogP contribution in [0.15, 0.2) is 112 Å². The van der Waals surface area contributed by atoms with Crippen molar-refractivity contribution in [2.24, 2.45) is 0 Å². The van der Waals surface area contributed by atoms with Crippen LogP contribution in [0.1, 0.15) is 47.1 Å². The molecule has 10 nitrogen and oxygen atoms in total. The van der Waals surface area contributed by atoms with Crippen molar-refractivity contribution in [2.45, 2.75) is 37.3 Å². The lowest BCUT2D eigenvalue weighted by atomic mass is 9.95. The van der Waals surface area contributed by atoms with Gasteiger partial charge in [-0.25, -0.2) is 9.59 Å². The molecule has 0 spiro atoms. The first-order chi connectivity index (χ1) is 23.3. The number of hydrogen-bond donors (Lipinski definition) is 3. The Morgan fingerprint density at radius 3 is 2.19 bits per heavy atom. The molecule has 1 aliphatic rings. The first kappa shape index (κ1) is 32.1. The van der Waals surface area contributed by atoms with Gasteiger partial charge in [-0.15, -0.1) is 0 Å². The molecule has 10 heteroatoms. The van der Waals surface area contributed by atoms with E-state index in [1.165, 1.54) is 13.2 Å². The average Bonchev–Trinajstić information content (AvgIpc) is 3.42. The summed E-state index contributed by atoms with van der Waals surface area (Å²) in [6, 6.07) is 29.7. The van der Waals surface area contributed by atoms with Crippen LogP contribution in [-0.2, 0) is 20.7 Å². The Hall–Kier alpha value is -5.90. The largest absolute Gasteiger partial charge is 0.497 e. The van der Waals surface area contributed by atoms with E-state index in [1.54, 1.807) is 18.2 Å². The van der Waals surface area contributed by atoms with E-state index in [0.29, 0.717) is 23.1 Å². The summed E-state index contributed by atoms with van der Waals surface area (Å²) < 4.78 is 16.4. The summed E-state index contributed by atoms with van der Waals surface area (Å²) in [5, 5.41) is 15.6. The number of carbonyl (C=O) groups excluding carboxylic acids is 2. The third kappa shape index (κ3) is 7.07. The maximum Gasteiger partial charge on any atom is 0.407 e. The van der Waals surface area contributed by atoms with Gasteiger partial charge in [0.1, 0.15) is 24.0 Å². The van der Waals surface area contributed by atoms with Crippen molar-refractivity contribution >= 4 is 28.9 Å². The Balaban J connectivity index is 1.24. The number of nitrogens with one attached hydrogen (secondary N) is 2. The third-order valence-corrected chi connectivity index (χ3v) is 8.56. The van der Waals surface area contributed by atoms with Gasteiger partial charge < -0.3 is 29.6 Å². The second kappa shape index (κ2) is 14.3. The number of benzene rings is 4. The minimum Gasteiger partial charge on any atom is -0.497 e. The quantitative estimate of drug-likeness (QED) is 0.141. The molecule has 244 valence electrons. The summed E-state index contributed by atoms with van der Waals surface area (Å²) in [6.45, 7) is 0.0268. The van der Waals surface area contributed by atoms with E-state index in [9.17, 15) is 24.3 Å². The third-order valence-electron chi connectivity index (χ3n) is 8.56. The maximum absolute atomic E-state index is 13.9. The predicted molar refractivity (Wildman–Crippen MR) is 179 cm³/mol. The summed E-state index contributed by atoms with van der Waals surface area (Å²) in [4.78, 5) is 51.3. The fourth-order valence-corrected chi connectivity index (χ4v) is 6.26. The number of methoxy groups -OCH3 is 1. The van der Waals surface area contributed by atoms with Crippen LogP contribution >= 0.6 is 0 Å². The number of ether oxygens (including phenoxy) is 2. The van der Waals surface area contributed by atoms with Crippen molar-refractivity contribution in [3.63, 3.8) is 0 Å². The topological polar surface area (TPSA) is 144 Å². The molecular formula is C38H34N2O8. The van der Waals surface area contributed by atoms with E-state index in [-0.39, 0.29) is 30.9 Å². The van der Waals surface area contributed by atoms with Crippen LogP contribution in [-0.4, -0.2) is 42.8 Å². The van der Waals surface area contributed by atoms with Crippen molar-refractivity contribution in [3.05, 3.63) is 136 Å². The van der Waals surface area contributed by atoms with Gasteiger partial charge in [-0.1, -0.05) is 78.9 Å². The second-order valence-corrected chi connectivity index (χ2v) is 11.6. The van der Waals surface area contributed by atoms with Crippen molar-refractivity contribution in [1.82, 2.24) is 10.6 Å². The van der Waals surface area contributed by atoms with Gasteiger partial charge in [0.2, 0.25) is 5.91 Å². The van der Waals surface area contributed by atoms with Gasteiger partial charge in [0, 0.05) is 29.9 Å². The zero-order valence-corrected chi connectivity index (χ0v) is 26.2. The normalized spacial score (nSPS) is 13.2. The first-order valence-corrected chi connectivity index (χ1v) is 15.6. The summed E-state index contributed by atoms with van der Waals surface area (Å²) in [5.41, 5.74) is 5.27. The fraction of sp³-hybridized carbons (Fsp3) is 0.211. The molecule has 0 saturated heterocycles. The number of rotatable bonds is 12. The lowest BCUT2D eigenvalue weighted by Crippen LogP contribution is -2.48. The van der Waals surface area contributed by atoms with Crippen LogP contribution in [0.25, 0.3) is 22.1 Å². The van der Waals surface area contributed by atoms with Gasteiger partial charge >= 0.3 is 17.7 Å². The van der Waals surface area contributed by atoms with Gasteiger partial charge in [0.25, 0.3) is 0 Å². The molecule has 0 unspecified atom stereocenters. The Labute approximate surface area is 276 Å². The van der Waals surface area contributed by atoms with Gasteiger partial charge in [-0.2, -0.15) is 0 Å². The number of carboxylic acids is 1. The highest BCUT2D eigenvalue weighted by molar-refractivity contribution is 5.88. The monoisotopic (exact) mass is 646 g/mol. The lowest BCUT2D eigenvalue weighted by Gasteiger charge is -2.25. The molecule has 48 heavy (non-hydrogen) atoms. The molecular weight excluding hydrogens is 612 g/mol. The summed E-state index contributed by atoms with van der Waals surface area (Å²) >= 11 is 0. The summed E-state index contributed by atoms with van der Waals surface area (Å²) in [7, 11) is 1.50. The van der Waals surface area contributed by atoms with Crippen molar-refractivity contribution in [3.8, 4) is 16.9 Å². The molecule has 1 aliphatic carbocycles. The van der Waals surface area contributed by atoms with E-state index >= 15 is 0 Å². The molecule has 0 bridgehead atoms. The standard InChI is InChI=1S/C38H34N2O8/c1-46-24-15-16-29-30(21-36(43)48-34(29)20-24)33(19-23-9-3-2-4-10-23)39-37(44)32(17-18-35(41)42)40-38(45)47-22-31-27-13-7-5-11-25(27)26-12-6-8-14-28(26)31/h2-16,20-21,31-33H,17-19,22H2,1H3,(H,39,44)(H,40,45)(H,41,42)/t32-,33-/m0/s1. The summed E-state index contributed by atoms with van der Waals surface area (Å²) in [5.74, 6) is -1.45. The van der Waals surface area contributed by atoms with Gasteiger partial charge in [0.15, 0.2) is 0 Å². The van der Waals surface area contributed by atoms with Crippen LogP contribution in [0.2, 0.25) is 0 Å². The van der Waals surface area contributed by atoms with Gasteiger partial charge in [0.05, 0.1) is 13.2 Å². The van der Waals surface area contributed by atoms with Crippen LogP contribution in [0.4, 0.5) is 4.79 Å². The number of aliphatic carboxylic acids is 1. The molecule has 0 aliphatic heterocycles. The highest BCUT2D eigenvalue weighted by Gasteiger charge is 2.31. The smallest absolute Gasteiger partial charge is 0.407 e. The Kier molecular flexibility index (Phi) is 9.52. The predicted octanol–water partition coefficient (Wildman–Crippen LogP) is 5.97. The van der Waals surface area contributed by atoms with E-state index < -0.39 is 35.7 Å². The second-order valence-electron chi connectivity index (χ2n) is 11.6. The summed E-state index contributed by atoms with van der Waals surface area (Å²) in [6.07, 6.45) is -1.10. The molecule has 2 amide bonds. The number of fused-ring (bicyclic) bond motifs is 4. The molecule has 0 saturated carbocycles. The Bertz CT molecular complexity index is 1980. The fourth-order valence-electron chi connectivity index (χ4n) is 6.26. The molecule has 0 radical (unpaired) electrons. The van der Waals surface area contributed by atoms with Gasteiger partial charge in [-0.05, 0) is 58.4 Å². The van der Waals surface area contributed by atoms with Crippen molar-refractivity contribution < 1.29 is 33.4 Å². The highest BCUT2D eigenvalue weighted by atomic mass is 16.5. The minimum absolute atomic E-state index is 0.0268. The van der Waals surface area contributed by atoms with E-state index in [0.717, 1.165) is 27.8 Å². The molecule has 5 aromatic rings. The minimum atomic E-state index is -1.23. The maximum atomic E-state index is 13.9. The van der Waals surface area contributed by atoms with Crippen molar-refractivity contribution in [1.29, 1.82) is 0 Å². The first-order valence-electron chi connectivity index (χ1n) is 15.6. The van der Waals surface area contributed by atoms with E-state index in [1.807, 2.05) is 78.9 Å². The number of carbonyl (C=O) groups is 3. The molecule has 1 aromatic heterocycles. The molecule has 2 atom stereocenters. The van der Waals surface area contributed by atoms with Crippen LogP contribution in [0.3, 0.4) is 0 Å². The van der Waals surface area contributed by atoms with Crippen LogP contribution in [0, 0.1) is 0 Å². The number of alkyl carbamates (subject to hydrolysis) is 1. The molecule has 4 aromatic carbocycles. The molecule has 6 rings (SSSR count). The highest BCUT2D eigenvalue weighted by Crippen LogP contribution is 2.44.